The summed E-state index contributed by atoms with van der Waals surface area (Å²) in [5, 5.41) is 13.4. The lowest BCUT2D eigenvalue weighted by Gasteiger charge is -2.17. The van der Waals surface area contributed by atoms with Crippen LogP contribution in [0.15, 0.2) is 24.3 Å². The highest BCUT2D eigenvalue weighted by molar-refractivity contribution is 5.83. The molecule has 1 N–H and O–H groups in total. The lowest BCUT2D eigenvalue weighted by Crippen LogP contribution is -2.41. The van der Waals surface area contributed by atoms with Crippen LogP contribution in [0, 0.1) is 10.1 Å². The Hall–Kier alpha value is -2.64. The molecule has 130 valence electrons. The topological polar surface area (TPSA) is 108 Å². The Morgan fingerprint density at radius 2 is 1.92 bits per heavy atom. The molecule has 1 aromatic carbocycles. The summed E-state index contributed by atoms with van der Waals surface area (Å²) in [5.41, 5.74) is -0.0675. The van der Waals surface area contributed by atoms with Crippen molar-refractivity contribution in [3.8, 4) is 5.75 Å². The fraction of sp³-hybridized carbons (Fsp3) is 0.500. The zero-order valence-electron chi connectivity index (χ0n) is 13.4. The Morgan fingerprint density at radius 3 is 2.50 bits per heavy atom. The van der Waals surface area contributed by atoms with Crippen molar-refractivity contribution in [2.45, 2.75) is 44.8 Å². The zero-order chi connectivity index (χ0) is 17.5. The summed E-state index contributed by atoms with van der Waals surface area (Å²) in [7, 11) is 0. The molecule has 8 heteroatoms. The normalized spacial score (nSPS) is 15.5. The second kappa shape index (κ2) is 8.28. The van der Waals surface area contributed by atoms with Gasteiger partial charge in [-0.15, -0.1) is 0 Å². The maximum atomic E-state index is 11.9. The van der Waals surface area contributed by atoms with Gasteiger partial charge in [-0.05, 0) is 31.9 Å². The molecule has 1 atom stereocenters. The van der Waals surface area contributed by atoms with Crippen molar-refractivity contribution >= 4 is 17.6 Å². The van der Waals surface area contributed by atoms with Crippen LogP contribution in [0.5, 0.6) is 5.75 Å². The number of carbonyl (C=O) groups excluding carboxylic acids is 2. The maximum absolute atomic E-state index is 11.9. The molecule has 0 aromatic heterocycles. The summed E-state index contributed by atoms with van der Waals surface area (Å²) in [4.78, 5) is 33.6. The zero-order valence-corrected chi connectivity index (χ0v) is 13.4. The van der Waals surface area contributed by atoms with Crippen LogP contribution in [0.1, 0.15) is 32.6 Å². The van der Waals surface area contributed by atoms with Gasteiger partial charge in [0.05, 0.1) is 4.92 Å². The molecule has 24 heavy (non-hydrogen) atoms. The van der Waals surface area contributed by atoms with Gasteiger partial charge in [0.1, 0.15) is 5.75 Å². The van der Waals surface area contributed by atoms with Crippen molar-refractivity contribution in [3.05, 3.63) is 34.4 Å². The van der Waals surface area contributed by atoms with Gasteiger partial charge < -0.3 is 14.8 Å². The van der Waals surface area contributed by atoms with Crippen molar-refractivity contribution in [2.24, 2.45) is 0 Å². The van der Waals surface area contributed by atoms with Gasteiger partial charge in [-0.3, -0.25) is 14.9 Å². The van der Waals surface area contributed by atoms with E-state index in [9.17, 15) is 19.7 Å². The van der Waals surface area contributed by atoms with E-state index in [1.165, 1.54) is 31.2 Å². The number of benzene rings is 1. The fourth-order valence-corrected chi connectivity index (χ4v) is 2.48. The van der Waals surface area contributed by atoms with E-state index in [2.05, 4.69) is 5.32 Å². The fourth-order valence-electron chi connectivity index (χ4n) is 2.48. The van der Waals surface area contributed by atoms with Gasteiger partial charge in [0.25, 0.3) is 11.6 Å². The number of hydrogen-bond donors (Lipinski definition) is 1. The minimum atomic E-state index is -0.890. The SMILES string of the molecule is C[C@@H](OC(=O)COc1ccc([N+](=O)[O-])cc1)C(=O)NC1CCCC1. The average Bonchev–Trinajstić information content (AvgIpc) is 3.06. The third kappa shape index (κ3) is 5.22. The van der Waals surface area contributed by atoms with E-state index < -0.39 is 17.0 Å². The number of ether oxygens (including phenoxy) is 2. The molecule has 1 aliphatic carbocycles. The average molecular weight is 336 g/mol. The summed E-state index contributed by atoms with van der Waals surface area (Å²) in [6.07, 6.45) is 3.22. The molecule has 0 bridgehead atoms. The van der Waals surface area contributed by atoms with E-state index in [-0.39, 0.29) is 24.2 Å². The minimum absolute atomic E-state index is 0.0675. The lowest BCUT2D eigenvalue weighted by atomic mass is 10.2. The molecule has 0 radical (unpaired) electrons. The number of rotatable bonds is 7. The van der Waals surface area contributed by atoms with Crippen molar-refractivity contribution in [2.75, 3.05) is 6.61 Å². The third-order valence-electron chi connectivity index (χ3n) is 3.78. The molecule has 1 amide bonds. The smallest absolute Gasteiger partial charge is 0.344 e. The number of nitrogens with one attached hydrogen (secondary N) is 1. The highest BCUT2D eigenvalue weighted by Gasteiger charge is 2.23. The van der Waals surface area contributed by atoms with E-state index in [0.29, 0.717) is 5.75 Å². The molecule has 0 saturated heterocycles. The molecule has 1 saturated carbocycles. The monoisotopic (exact) mass is 336 g/mol. The summed E-state index contributed by atoms with van der Waals surface area (Å²) in [6, 6.07) is 5.50. The lowest BCUT2D eigenvalue weighted by molar-refractivity contribution is -0.384. The summed E-state index contributed by atoms with van der Waals surface area (Å²) >= 11 is 0. The number of hydrogen-bond acceptors (Lipinski definition) is 6. The molecular formula is C16H20N2O6. The van der Waals surface area contributed by atoms with Crippen molar-refractivity contribution in [1.82, 2.24) is 5.32 Å². The van der Waals surface area contributed by atoms with Gasteiger partial charge in [-0.2, -0.15) is 0 Å². The first kappa shape index (κ1) is 17.7. The predicted octanol–water partition coefficient (Wildman–Crippen LogP) is 1.96. The Morgan fingerprint density at radius 1 is 1.29 bits per heavy atom. The van der Waals surface area contributed by atoms with Crippen LogP contribution in [0.4, 0.5) is 5.69 Å². The quantitative estimate of drug-likeness (QED) is 0.463. The summed E-state index contributed by atoms with van der Waals surface area (Å²) in [5.74, 6) is -0.686. The molecule has 0 spiro atoms. The van der Waals surface area contributed by atoms with E-state index >= 15 is 0 Å². The van der Waals surface area contributed by atoms with Crippen LogP contribution in [0.3, 0.4) is 0 Å². The standard InChI is InChI=1S/C16H20N2O6/c1-11(16(20)17-12-4-2-3-5-12)24-15(19)10-23-14-8-6-13(7-9-14)18(21)22/h6-9,11-12H,2-5,10H2,1H3,(H,17,20)/t11-/m1/s1. The predicted molar refractivity (Wildman–Crippen MR) is 84.5 cm³/mol. The molecule has 2 rings (SSSR count). The van der Waals surface area contributed by atoms with E-state index in [4.69, 9.17) is 9.47 Å². The van der Waals surface area contributed by atoms with Crippen LogP contribution in [0.2, 0.25) is 0 Å². The number of carbonyl (C=O) groups is 2. The van der Waals surface area contributed by atoms with Gasteiger partial charge in [0.2, 0.25) is 0 Å². The van der Waals surface area contributed by atoms with Crippen LogP contribution < -0.4 is 10.1 Å². The van der Waals surface area contributed by atoms with Gasteiger partial charge in [-0.1, -0.05) is 12.8 Å². The highest BCUT2D eigenvalue weighted by Crippen LogP contribution is 2.18. The Bertz CT molecular complexity index is 595. The molecule has 1 aliphatic rings. The van der Waals surface area contributed by atoms with Crippen molar-refractivity contribution < 1.29 is 24.0 Å². The second-order valence-electron chi connectivity index (χ2n) is 5.66. The Labute approximate surface area is 139 Å². The molecule has 0 heterocycles. The summed E-state index contributed by atoms with van der Waals surface area (Å²) in [6.45, 7) is 1.13. The van der Waals surface area contributed by atoms with Crippen molar-refractivity contribution in [3.63, 3.8) is 0 Å². The molecule has 8 nitrogen and oxygen atoms in total. The number of esters is 1. The van der Waals surface area contributed by atoms with Crippen LogP contribution >= 0.6 is 0 Å². The number of amides is 1. The van der Waals surface area contributed by atoms with Gasteiger partial charge in [0, 0.05) is 18.2 Å². The number of nitro groups is 1. The van der Waals surface area contributed by atoms with E-state index in [1.807, 2.05) is 0 Å². The van der Waals surface area contributed by atoms with Gasteiger partial charge in [-0.25, -0.2) is 4.79 Å². The first-order valence-corrected chi connectivity index (χ1v) is 7.83. The van der Waals surface area contributed by atoms with Crippen molar-refractivity contribution in [1.29, 1.82) is 0 Å². The molecular weight excluding hydrogens is 316 g/mol. The molecule has 0 aliphatic heterocycles. The maximum Gasteiger partial charge on any atom is 0.344 e. The summed E-state index contributed by atoms with van der Waals surface area (Å²) < 4.78 is 10.2. The third-order valence-corrected chi connectivity index (χ3v) is 3.78. The second-order valence-corrected chi connectivity index (χ2v) is 5.66. The van der Waals surface area contributed by atoms with Gasteiger partial charge in [0.15, 0.2) is 12.7 Å². The first-order chi connectivity index (χ1) is 11.5. The van der Waals surface area contributed by atoms with E-state index in [1.54, 1.807) is 0 Å². The Kier molecular flexibility index (Phi) is 6.11. The highest BCUT2D eigenvalue weighted by atomic mass is 16.6. The molecule has 0 unspecified atom stereocenters. The first-order valence-electron chi connectivity index (χ1n) is 7.83. The minimum Gasteiger partial charge on any atom is -0.482 e. The number of nitrogens with zero attached hydrogens (tertiary/aromatic N) is 1. The van der Waals surface area contributed by atoms with E-state index in [0.717, 1.165) is 25.7 Å². The van der Waals surface area contributed by atoms with Gasteiger partial charge >= 0.3 is 5.97 Å². The number of nitro benzene ring substituents is 1. The van der Waals surface area contributed by atoms with Crippen LogP contribution in [-0.2, 0) is 14.3 Å². The van der Waals surface area contributed by atoms with Crippen LogP contribution in [-0.4, -0.2) is 35.6 Å². The Balaban J connectivity index is 1.73. The molecule has 1 fully saturated rings. The number of non-ortho nitro benzene ring substituents is 1. The van der Waals surface area contributed by atoms with Crippen LogP contribution in [0.25, 0.3) is 0 Å². The largest absolute Gasteiger partial charge is 0.482 e. The molecule has 1 aromatic rings.